The van der Waals surface area contributed by atoms with Gasteiger partial charge in [0.25, 0.3) is 0 Å². The lowest BCUT2D eigenvalue weighted by Gasteiger charge is -2.36. The predicted molar refractivity (Wildman–Crippen MR) is 63.1 cm³/mol. The minimum Gasteiger partial charge on any atom is -0.480 e. The summed E-state index contributed by atoms with van der Waals surface area (Å²) in [4.78, 5) is 12.7. The first kappa shape index (κ1) is 14.4. The van der Waals surface area contributed by atoms with Crippen LogP contribution < -0.4 is 5.73 Å². The van der Waals surface area contributed by atoms with Gasteiger partial charge in [0.05, 0.1) is 6.26 Å². The molecule has 1 saturated heterocycles. The fraction of sp³-hybridized carbons (Fsp3) is 0.889. The molecule has 0 aromatic heterocycles. The van der Waals surface area contributed by atoms with Gasteiger partial charge in [-0.25, -0.2) is 8.42 Å². The standard InChI is InChI=1S/C9H19N3O4S/c1-9(10,8(13)14)7-11-3-5-12(6-4-11)17(2,15)16/h3-7,10H2,1-2H3,(H,13,14). The molecule has 1 rings (SSSR count). The summed E-state index contributed by atoms with van der Waals surface area (Å²) in [5, 5.41) is 8.90. The van der Waals surface area contributed by atoms with Gasteiger partial charge in [0.1, 0.15) is 5.54 Å². The van der Waals surface area contributed by atoms with Crippen LogP contribution in [0, 0.1) is 0 Å². The molecule has 8 heteroatoms. The third kappa shape index (κ3) is 3.91. The Balaban J connectivity index is 2.51. The number of carboxylic acids is 1. The third-order valence-electron chi connectivity index (χ3n) is 2.84. The summed E-state index contributed by atoms with van der Waals surface area (Å²) in [5.74, 6) is -1.05. The summed E-state index contributed by atoms with van der Waals surface area (Å²) in [6, 6.07) is 0. The van der Waals surface area contributed by atoms with Gasteiger partial charge in [0, 0.05) is 32.7 Å². The third-order valence-corrected chi connectivity index (χ3v) is 4.14. The van der Waals surface area contributed by atoms with Crippen molar-refractivity contribution in [2.24, 2.45) is 5.73 Å². The Kier molecular flexibility index (Phi) is 4.13. The lowest BCUT2D eigenvalue weighted by atomic mass is 10.0. The minimum absolute atomic E-state index is 0.222. The second kappa shape index (κ2) is 4.89. The average Bonchev–Trinajstić information content (AvgIpc) is 2.16. The average molecular weight is 265 g/mol. The summed E-state index contributed by atoms with van der Waals surface area (Å²) < 4.78 is 23.9. The van der Waals surface area contributed by atoms with Crippen LogP contribution in [-0.4, -0.2) is 73.2 Å². The fourth-order valence-electron chi connectivity index (χ4n) is 1.75. The molecule has 1 heterocycles. The maximum Gasteiger partial charge on any atom is 0.324 e. The van der Waals surface area contributed by atoms with Crippen molar-refractivity contribution in [3.63, 3.8) is 0 Å². The Hall–Kier alpha value is -0.700. The van der Waals surface area contributed by atoms with Crippen LogP contribution in [0.25, 0.3) is 0 Å². The molecule has 0 bridgehead atoms. The topological polar surface area (TPSA) is 104 Å². The van der Waals surface area contributed by atoms with Crippen molar-refractivity contribution in [2.75, 3.05) is 39.0 Å². The van der Waals surface area contributed by atoms with E-state index in [1.165, 1.54) is 17.5 Å². The van der Waals surface area contributed by atoms with E-state index in [2.05, 4.69) is 0 Å². The van der Waals surface area contributed by atoms with Crippen LogP contribution in [0.1, 0.15) is 6.92 Å². The maximum atomic E-state index is 11.3. The first-order chi connectivity index (χ1) is 7.63. The molecule has 0 aromatic carbocycles. The van der Waals surface area contributed by atoms with E-state index < -0.39 is 21.5 Å². The monoisotopic (exact) mass is 265 g/mol. The summed E-state index contributed by atoms with van der Waals surface area (Å²) in [7, 11) is -3.15. The summed E-state index contributed by atoms with van der Waals surface area (Å²) in [6.07, 6.45) is 1.17. The van der Waals surface area contributed by atoms with Crippen molar-refractivity contribution >= 4 is 16.0 Å². The van der Waals surface area contributed by atoms with Gasteiger partial charge >= 0.3 is 5.97 Å². The van der Waals surface area contributed by atoms with Crippen LogP contribution >= 0.6 is 0 Å². The van der Waals surface area contributed by atoms with Gasteiger partial charge in [-0.2, -0.15) is 4.31 Å². The largest absolute Gasteiger partial charge is 0.480 e. The Bertz CT molecular complexity index is 385. The zero-order chi connectivity index (χ0) is 13.3. The molecule has 1 aliphatic rings. The number of carboxylic acid groups (broad SMARTS) is 1. The highest BCUT2D eigenvalue weighted by Gasteiger charge is 2.32. The molecule has 0 aliphatic carbocycles. The van der Waals surface area contributed by atoms with E-state index in [-0.39, 0.29) is 6.54 Å². The predicted octanol–water partition coefficient (Wildman–Crippen LogP) is -1.63. The maximum absolute atomic E-state index is 11.3. The van der Waals surface area contributed by atoms with Crippen molar-refractivity contribution in [1.82, 2.24) is 9.21 Å². The quantitative estimate of drug-likeness (QED) is 0.632. The molecule has 100 valence electrons. The van der Waals surface area contributed by atoms with Crippen molar-refractivity contribution in [1.29, 1.82) is 0 Å². The molecule has 0 radical (unpaired) electrons. The van der Waals surface area contributed by atoms with E-state index in [1.54, 1.807) is 0 Å². The normalized spacial score (nSPS) is 23.2. The van der Waals surface area contributed by atoms with Crippen LogP contribution in [0.5, 0.6) is 0 Å². The molecule has 1 unspecified atom stereocenters. The number of nitrogens with two attached hydrogens (primary N) is 1. The molecule has 1 aliphatic heterocycles. The molecule has 0 spiro atoms. The lowest BCUT2D eigenvalue weighted by molar-refractivity contribution is -0.143. The Morgan fingerprint density at radius 2 is 1.82 bits per heavy atom. The molecule has 1 fully saturated rings. The number of carbonyl (C=O) groups is 1. The Morgan fingerprint density at radius 3 is 2.18 bits per heavy atom. The van der Waals surface area contributed by atoms with E-state index in [0.29, 0.717) is 26.2 Å². The molecular formula is C9H19N3O4S. The number of piperazine rings is 1. The van der Waals surface area contributed by atoms with Crippen LogP contribution in [0.2, 0.25) is 0 Å². The van der Waals surface area contributed by atoms with E-state index in [4.69, 9.17) is 10.8 Å². The van der Waals surface area contributed by atoms with Crippen LogP contribution in [-0.2, 0) is 14.8 Å². The van der Waals surface area contributed by atoms with Gasteiger partial charge in [-0.05, 0) is 6.92 Å². The molecule has 1 atom stereocenters. The number of nitrogens with zero attached hydrogens (tertiary/aromatic N) is 2. The van der Waals surface area contributed by atoms with E-state index in [1.807, 2.05) is 4.90 Å². The number of sulfonamides is 1. The highest BCUT2D eigenvalue weighted by atomic mass is 32.2. The second-order valence-corrected chi connectivity index (χ2v) is 6.64. The smallest absolute Gasteiger partial charge is 0.324 e. The van der Waals surface area contributed by atoms with E-state index >= 15 is 0 Å². The molecule has 0 saturated carbocycles. The number of hydrogen-bond acceptors (Lipinski definition) is 5. The van der Waals surface area contributed by atoms with E-state index in [9.17, 15) is 13.2 Å². The van der Waals surface area contributed by atoms with E-state index in [0.717, 1.165) is 0 Å². The first-order valence-electron chi connectivity index (χ1n) is 5.33. The van der Waals surface area contributed by atoms with Gasteiger partial charge in [-0.3, -0.25) is 9.69 Å². The highest BCUT2D eigenvalue weighted by molar-refractivity contribution is 7.88. The summed E-state index contributed by atoms with van der Waals surface area (Å²) >= 11 is 0. The van der Waals surface area contributed by atoms with Gasteiger partial charge in [0.2, 0.25) is 10.0 Å². The van der Waals surface area contributed by atoms with Gasteiger partial charge in [-0.1, -0.05) is 0 Å². The SMILES string of the molecule is CC(N)(CN1CCN(S(C)(=O)=O)CC1)C(=O)O. The zero-order valence-corrected chi connectivity index (χ0v) is 10.9. The van der Waals surface area contributed by atoms with Crippen molar-refractivity contribution in [3.05, 3.63) is 0 Å². The second-order valence-electron chi connectivity index (χ2n) is 4.66. The van der Waals surface area contributed by atoms with Crippen molar-refractivity contribution < 1.29 is 18.3 Å². The molecule has 3 N–H and O–H groups in total. The molecule has 0 amide bonds. The van der Waals surface area contributed by atoms with Crippen LogP contribution in [0.15, 0.2) is 0 Å². The number of hydrogen-bond donors (Lipinski definition) is 2. The van der Waals surface area contributed by atoms with Gasteiger partial charge in [-0.15, -0.1) is 0 Å². The molecular weight excluding hydrogens is 246 g/mol. The van der Waals surface area contributed by atoms with Crippen molar-refractivity contribution in [2.45, 2.75) is 12.5 Å². The van der Waals surface area contributed by atoms with Gasteiger partial charge in [0.15, 0.2) is 0 Å². The Morgan fingerprint density at radius 1 is 1.35 bits per heavy atom. The molecule has 7 nitrogen and oxygen atoms in total. The molecule has 17 heavy (non-hydrogen) atoms. The first-order valence-corrected chi connectivity index (χ1v) is 7.17. The Labute approximate surface area is 101 Å². The minimum atomic E-state index is -3.15. The van der Waals surface area contributed by atoms with Crippen molar-refractivity contribution in [3.8, 4) is 0 Å². The van der Waals surface area contributed by atoms with Crippen LogP contribution in [0.4, 0.5) is 0 Å². The summed E-state index contributed by atoms with van der Waals surface area (Å²) in [5.41, 5.74) is 4.34. The van der Waals surface area contributed by atoms with Gasteiger partial charge < -0.3 is 10.8 Å². The number of rotatable bonds is 4. The van der Waals surface area contributed by atoms with Crippen LogP contribution in [0.3, 0.4) is 0 Å². The fourth-order valence-corrected chi connectivity index (χ4v) is 2.58. The summed E-state index contributed by atoms with van der Waals surface area (Å²) in [6.45, 7) is 3.46. The molecule has 0 aromatic rings. The highest BCUT2D eigenvalue weighted by Crippen LogP contribution is 2.09. The lowest BCUT2D eigenvalue weighted by Crippen LogP contribution is -2.58. The number of aliphatic carboxylic acids is 1. The zero-order valence-electron chi connectivity index (χ0n) is 10.1.